The van der Waals surface area contributed by atoms with Crippen molar-refractivity contribution in [3.8, 4) is 0 Å². The first-order valence-electron chi connectivity index (χ1n) is 5.36. The Morgan fingerprint density at radius 2 is 2.18 bits per heavy atom. The Hall–Kier alpha value is -1.62. The quantitative estimate of drug-likeness (QED) is 0.824. The van der Waals surface area contributed by atoms with E-state index >= 15 is 0 Å². The molecule has 0 aliphatic carbocycles. The van der Waals surface area contributed by atoms with Crippen molar-refractivity contribution in [1.29, 1.82) is 0 Å². The summed E-state index contributed by atoms with van der Waals surface area (Å²) in [4.78, 5) is 12.4. The molecule has 0 aliphatic rings. The van der Waals surface area contributed by atoms with E-state index in [4.69, 9.17) is 9.84 Å². The van der Waals surface area contributed by atoms with Crippen molar-refractivity contribution < 1.29 is 19.0 Å². The second-order valence-electron chi connectivity index (χ2n) is 3.61. The molecule has 0 aromatic heterocycles. The molecule has 5 heteroatoms. The Labute approximate surface area is 99.6 Å². The van der Waals surface area contributed by atoms with Gasteiger partial charge < -0.3 is 14.7 Å². The lowest BCUT2D eigenvalue weighted by Gasteiger charge is -2.23. The number of nitrogens with zero attached hydrogens (tertiary/aromatic N) is 1. The van der Waals surface area contributed by atoms with Crippen LogP contribution in [0.4, 0.5) is 10.1 Å². The maximum atomic E-state index is 13.4. The van der Waals surface area contributed by atoms with Crippen molar-refractivity contribution >= 4 is 11.7 Å². The fourth-order valence-electron chi connectivity index (χ4n) is 1.51. The SMILES string of the molecule is CCOC(CN(C)c1ccccc1F)C(=O)O. The highest BCUT2D eigenvalue weighted by Crippen LogP contribution is 2.17. The highest BCUT2D eigenvalue weighted by molar-refractivity contribution is 5.73. The van der Waals surface area contributed by atoms with Gasteiger partial charge in [-0.15, -0.1) is 0 Å². The third kappa shape index (κ3) is 3.71. The Morgan fingerprint density at radius 3 is 2.71 bits per heavy atom. The number of halogens is 1. The summed E-state index contributed by atoms with van der Waals surface area (Å²) < 4.78 is 18.5. The average Bonchev–Trinajstić information content (AvgIpc) is 2.28. The maximum absolute atomic E-state index is 13.4. The Kier molecular flexibility index (Phi) is 4.90. The minimum absolute atomic E-state index is 0.101. The van der Waals surface area contributed by atoms with Crippen molar-refractivity contribution in [3.05, 3.63) is 30.1 Å². The first-order valence-corrected chi connectivity index (χ1v) is 5.36. The molecule has 1 unspecified atom stereocenters. The van der Waals surface area contributed by atoms with E-state index in [2.05, 4.69) is 0 Å². The molecule has 0 amide bonds. The van der Waals surface area contributed by atoms with Crippen LogP contribution in [0.15, 0.2) is 24.3 Å². The standard InChI is InChI=1S/C12H16FNO3/c1-3-17-11(12(15)16)8-14(2)10-7-5-4-6-9(10)13/h4-7,11H,3,8H2,1-2H3,(H,15,16). The van der Waals surface area contributed by atoms with E-state index in [-0.39, 0.29) is 12.4 Å². The summed E-state index contributed by atoms with van der Waals surface area (Å²) in [6, 6.07) is 6.22. The summed E-state index contributed by atoms with van der Waals surface area (Å²) in [6.07, 6.45) is -0.954. The van der Waals surface area contributed by atoms with Crippen LogP contribution >= 0.6 is 0 Å². The van der Waals surface area contributed by atoms with Crippen molar-refractivity contribution in [3.63, 3.8) is 0 Å². The van der Waals surface area contributed by atoms with Crippen LogP contribution in [-0.4, -0.2) is 37.4 Å². The first kappa shape index (κ1) is 13.4. The molecule has 4 nitrogen and oxygen atoms in total. The number of benzene rings is 1. The lowest BCUT2D eigenvalue weighted by atomic mass is 10.2. The Balaban J connectivity index is 2.73. The lowest BCUT2D eigenvalue weighted by Crippen LogP contribution is -2.37. The van der Waals surface area contributed by atoms with Crippen molar-refractivity contribution in [1.82, 2.24) is 0 Å². The zero-order valence-corrected chi connectivity index (χ0v) is 9.89. The van der Waals surface area contributed by atoms with Gasteiger partial charge >= 0.3 is 5.97 Å². The number of anilines is 1. The van der Waals surface area contributed by atoms with Gasteiger partial charge in [0.2, 0.25) is 0 Å². The molecule has 0 fully saturated rings. The largest absolute Gasteiger partial charge is 0.479 e. The Bertz CT molecular complexity index is 384. The number of likely N-dealkylation sites (N-methyl/N-ethyl adjacent to an activating group) is 1. The number of carboxylic acids is 1. The van der Waals surface area contributed by atoms with E-state index in [9.17, 15) is 9.18 Å². The predicted molar refractivity (Wildman–Crippen MR) is 62.7 cm³/mol. The van der Waals surface area contributed by atoms with Crippen molar-refractivity contribution in [2.75, 3.05) is 25.1 Å². The summed E-state index contributed by atoms with van der Waals surface area (Å²) >= 11 is 0. The van der Waals surface area contributed by atoms with E-state index in [1.165, 1.54) is 11.0 Å². The zero-order chi connectivity index (χ0) is 12.8. The van der Waals surface area contributed by atoms with Gasteiger partial charge in [-0.3, -0.25) is 0 Å². The van der Waals surface area contributed by atoms with E-state index in [0.29, 0.717) is 12.3 Å². The second kappa shape index (κ2) is 6.20. The molecule has 1 atom stereocenters. The first-order chi connectivity index (χ1) is 8.06. The fraction of sp³-hybridized carbons (Fsp3) is 0.417. The highest BCUT2D eigenvalue weighted by atomic mass is 19.1. The van der Waals surface area contributed by atoms with Crippen LogP contribution in [0.25, 0.3) is 0 Å². The minimum atomic E-state index is -1.05. The van der Waals surface area contributed by atoms with E-state index in [1.807, 2.05) is 0 Å². The Morgan fingerprint density at radius 1 is 1.53 bits per heavy atom. The lowest BCUT2D eigenvalue weighted by molar-refractivity contribution is -0.149. The number of ether oxygens (including phenoxy) is 1. The molecule has 0 heterocycles. The van der Waals surface area contributed by atoms with Gasteiger partial charge in [-0.2, -0.15) is 0 Å². The summed E-state index contributed by atoms with van der Waals surface area (Å²) in [6.45, 7) is 2.13. The monoisotopic (exact) mass is 241 g/mol. The number of hydrogen-bond acceptors (Lipinski definition) is 3. The van der Waals surface area contributed by atoms with Gasteiger partial charge in [0, 0.05) is 13.7 Å². The summed E-state index contributed by atoms with van der Waals surface area (Å²) in [5.74, 6) is -1.43. The second-order valence-corrected chi connectivity index (χ2v) is 3.61. The minimum Gasteiger partial charge on any atom is -0.479 e. The number of carboxylic acid groups (broad SMARTS) is 1. The van der Waals surface area contributed by atoms with Crippen LogP contribution in [0.1, 0.15) is 6.92 Å². The molecule has 0 bridgehead atoms. The number of carbonyl (C=O) groups is 1. The number of aliphatic carboxylic acids is 1. The molecule has 0 aliphatic heterocycles. The number of rotatable bonds is 6. The highest BCUT2D eigenvalue weighted by Gasteiger charge is 2.20. The van der Waals surface area contributed by atoms with Crippen LogP contribution in [0, 0.1) is 5.82 Å². The van der Waals surface area contributed by atoms with Crippen LogP contribution < -0.4 is 4.90 Å². The van der Waals surface area contributed by atoms with Crippen LogP contribution in [0.2, 0.25) is 0 Å². The maximum Gasteiger partial charge on any atom is 0.334 e. The molecular weight excluding hydrogens is 225 g/mol. The summed E-state index contributed by atoms with van der Waals surface area (Å²) in [5.41, 5.74) is 0.360. The van der Waals surface area contributed by atoms with E-state index in [1.54, 1.807) is 32.2 Å². The molecule has 17 heavy (non-hydrogen) atoms. The molecule has 0 saturated heterocycles. The molecule has 1 aromatic carbocycles. The number of para-hydroxylation sites is 1. The van der Waals surface area contributed by atoms with Gasteiger partial charge in [0.05, 0.1) is 12.2 Å². The van der Waals surface area contributed by atoms with Crippen LogP contribution in [0.3, 0.4) is 0 Å². The normalized spacial score (nSPS) is 12.2. The fourth-order valence-corrected chi connectivity index (χ4v) is 1.51. The molecule has 0 saturated carbocycles. The van der Waals surface area contributed by atoms with Gasteiger partial charge in [-0.1, -0.05) is 12.1 Å². The molecule has 94 valence electrons. The summed E-state index contributed by atoms with van der Waals surface area (Å²) in [7, 11) is 1.63. The van der Waals surface area contributed by atoms with Gasteiger partial charge in [-0.25, -0.2) is 9.18 Å². The van der Waals surface area contributed by atoms with E-state index < -0.39 is 12.1 Å². The molecule has 1 aromatic rings. The third-order valence-corrected chi connectivity index (χ3v) is 2.35. The van der Waals surface area contributed by atoms with Crippen LogP contribution in [-0.2, 0) is 9.53 Å². The van der Waals surface area contributed by atoms with Gasteiger partial charge in [0.15, 0.2) is 6.10 Å². The van der Waals surface area contributed by atoms with Crippen LogP contribution in [0.5, 0.6) is 0 Å². The predicted octanol–water partition coefficient (Wildman–Crippen LogP) is 1.75. The van der Waals surface area contributed by atoms with Crippen molar-refractivity contribution in [2.24, 2.45) is 0 Å². The molecule has 1 rings (SSSR count). The topological polar surface area (TPSA) is 49.8 Å². The van der Waals surface area contributed by atoms with E-state index in [0.717, 1.165) is 0 Å². The number of hydrogen-bond donors (Lipinski definition) is 1. The van der Waals surface area contributed by atoms with Gasteiger partial charge in [-0.05, 0) is 19.1 Å². The molecule has 0 spiro atoms. The molecule has 1 N–H and O–H groups in total. The van der Waals surface area contributed by atoms with Gasteiger partial charge in [0.1, 0.15) is 5.82 Å². The molecule has 0 radical (unpaired) electrons. The third-order valence-electron chi connectivity index (χ3n) is 2.35. The van der Waals surface area contributed by atoms with Crippen molar-refractivity contribution in [2.45, 2.75) is 13.0 Å². The summed E-state index contributed by atoms with van der Waals surface area (Å²) in [5, 5.41) is 8.92. The zero-order valence-electron chi connectivity index (χ0n) is 9.89. The molecular formula is C12H16FNO3. The average molecular weight is 241 g/mol. The smallest absolute Gasteiger partial charge is 0.334 e. The van der Waals surface area contributed by atoms with Gasteiger partial charge in [0.25, 0.3) is 0 Å².